The maximum atomic E-state index is 12.3. The molecule has 0 fully saturated rings. The lowest BCUT2D eigenvalue weighted by Gasteiger charge is -2.14. The van der Waals surface area contributed by atoms with Gasteiger partial charge in [0.05, 0.1) is 0 Å². The number of halogens is 4. The minimum absolute atomic E-state index is 0.0461. The first-order chi connectivity index (χ1) is 9.44. The molecule has 0 aliphatic rings. The molecule has 2 nitrogen and oxygen atoms in total. The third kappa shape index (κ3) is 4.45. The second-order valence-corrected chi connectivity index (χ2v) is 4.83. The largest absolute Gasteiger partial charge is 0.573 e. The van der Waals surface area contributed by atoms with Crippen LogP contribution in [0.4, 0.5) is 13.2 Å². The quantitative estimate of drug-likeness (QED) is 0.781. The van der Waals surface area contributed by atoms with Crippen molar-refractivity contribution in [2.75, 3.05) is 0 Å². The monoisotopic (exact) mass is 346 g/mol. The Morgan fingerprint density at radius 1 is 0.950 bits per heavy atom. The number of hydrogen-bond acceptors (Lipinski definition) is 2. The van der Waals surface area contributed by atoms with E-state index in [2.05, 4.69) is 20.7 Å². The van der Waals surface area contributed by atoms with E-state index in [0.29, 0.717) is 0 Å². The summed E-state index contributed by atoms with van der Waals surface area (Å²) >= 11 is 3.31. The molecule has 0 unspecified atom stereocenters. The first-order valence-electron chi connectivity index (χ1n) is 5.66. The fraction of sp³-hybridized carbons (Fsp3) is 0.143. The number of para-hydroxylation sites is 2. The molecular weight excluding hydrogens is 337 g/mol. The summed E-state index contributed by atoms with van der Waals surface area (Å²) in [6.07, 6.45) is -4.74. The Bertz CT molecular complexity index is 585. The van der Waals surface area contributed by atoms with E-state index in [0.717, 1.165) is 10.0 Å². The highest BCUT2D eigenvalue weighted by molar-refractivity contribution is 9.10. The third-order valence-electron chi connectivity index (χ3n) is 2.36. The highest BCUT2D eigenvalue weighted by Crippen LogP contribution is 2.32. The summed E-state index contributed by atoms with van der Waals surface area (Å²) in [5.41, 5.74) is 0.834. The molecule has 0 bridgehead atoms. The predicted molar refractivity (Wildman–Crippen MR) is 71.6 cm³/mol. The molecule has 2 aromatic carbocycles. The molecular formula is C14H10BrF3O2. The van der Waals surface area contributed by atoms with Crippen molar-refractivity contribution in [3.8, 4) is 11.5 Å². The standard InChI is InChI=1S/C14H10BrF3O2/c15-11-5-3-4-10(8-11)9-19-12-6-1-2-7-13(12)20-14(16,17)18/h1-8H,9H2. The van der Waals surface area contributed by atoms with Gasteiger partial charge in [-0.1, -0.05) is 40.2 Å². The van der Waals surface area contributed by atoms with E-state index in [4.69, 9.17) is 4.74 Å². The second-order valence-electron chi connectivity index (χ2n) is 3.91. The average molecular weight is 347 g/mol. The summed E-state index contributed by atoms with van der Waals surface area (Å²) in [5.74, 6) is -0.306. The minimum Gasteiger partial charge on any atom is -0.485 e. The van der Waals surface area contributed by atoms with Crippen molar-refractivity contribution in [2.24, 2.45) is 0 Å². The second kappa shape index (κ2) is 6.17. The molecule has 0 saturated heterocycles. The van der Waals surface area contributed by atoms with Crippen molar-refractivity contribution in [2.45, 2.75) is 13.0 Å². The van der Waals surface area contributed by atoms with Gasteiger partial charge in [0.15, 0.2) is 11.5 Å². The lowest BCUT2D eigenvalue weighted by atomic mass is 10.2. The van der Waals surface area contributed by atoms with Crippen LogP contribution in [-0.2, 0) is 6.61 Å². The Labute approximate surface area is 122 Å². The van der Waals surface area contributed by atoms with Crippen LogP contribution in [0.15, 0.2) is 53.0 Å². The summed E-state index contributed by atoms with van der Waals surface area (Å²) in [7, 11) is 0. The Kier molecular flexibility index (Phi) is 4.54. The van der Waals surface area contributed by atoms with Crippen molar-refractivity contribution in [3.05, 3.63) is 58.6 Å². The fourth-order valence-corrected chi connectivity index (χ4v) is 2.01. The lowest BCUT2D eigenvalue weighted by molar-refractivity contribution is -0.275. The molecule has 0 heterocycles. The third-order valence-corrected chi connectivity index (χ3v) is 2.85. The van der Waals surface area contributed by atoms with E-state index in [1.165, 1.54) is 18.2 Å². The SMILES string of the molecule is FC(F)(F)Oc1ccccc1OCc1cccc(Br)c1. The summed E-state index contributed by atoms with van der Waals surface area (Å²) in [4.78, 5) is 0. The summed E-state index contributed by atoms with van der Waals surface area (Å²) in [6.45, 7) is 0.150. The first-order valence-corrected chi connectivity index (χ1v) is 6.45. The zero-order valence-corrected chi connectivity index (χ0v) is 11.7. The van der Waals surface area contributed by atoms with E-state index >= 15 is 0 Å². The molecule has 6 heteroatoms. The first kappa shape index (κ1) is 14.7. The van der Waals surface area contributed by atoms with Crippen molar-refractivity contribution in [1.29, 1.82) is 0 Å². The van der Waals surface area contributed by atoms with Gasteiger partial charge in [-0.05, 0) is 29.8 Å². The Balaban J connectivity index is 2.09. The van der Waals surface area contributed by atoms with Crippen LogP contribution in [-0.4, -0.2) is 6.36 Å². The minimum atomic E-state index is -4.74. The molecule has 0 aromatic heterocycles. The number of rotatable bonds is 4. The molecule has 0 radical (unpaired) electrons. The number of hydrogen-bond donors (Lipinski definition) is 0. The highest BCUT2D eigenvalue weighted by Gasteiger charge is 2.32. The number of ether oxygens (including phenoxy) is 2. The summed E-state index contributed by atoms with van der Waals surface area (Å²) in [5, 5.41) is 0. The maximum absolute atomic E-state index is 12.3. The van der Waals surface area contributed by atoms with Gasteiger partial charge in [-0.3, -0.25) is 0 Å². The zero-order valence-electron chi connectivity index (χ0n) is 10.2. The van der Waals surface area contributed by atoms with Gasteiger partial charge in [0, 0.05) is 4.47 Å². The van der Waals surface area contributed by atoms with Crippen LogP contribution in [0.5, 0.6) is 11.5 Å². The molecule has 0 saturated carbocycles. The van der Waals surface area contributed by atoms with Crippen LogP contribution in [0.1, 0.15) is 5.56 Å². The van der Waals surface area contributed by atoms with E-state index in [-0.39, 0.29) is 18.1 Å². The topological polar surface area (TPSA) is 18.5 Å². The van der Waals surface area contributed by atoms with Gasteiger partial charge in [-0.25, -0.2) is 0 Å². The molecule has 106 valence electrons. The van der Waals surface area contributed by atoms with E-state index in [9.17, 15) is 13.2 Å². The van der Waals surface area contributed by atoms with E-state index in [1.807, 2.05) is 24.3 Å². The molecule has 2 rings (SSSR count). The normalized spacial score (nSPS) is 11.2. The lowest BCUT2D eigenvalue weighted by Crippen LogP contribution is -2.17. The van der Waals surface area contributed by atoms with Gasteiger partial charge in [0.1, 0.15) is 6.61 Å². The van der Waals surface area contributed by atoms with Gasteiger partial charge in [-0.2, -0.15) is 0 Å². The molecule has 0 spiro atoms. The van der Waals surface area contributed by atoms with Gasteiger partial charge < -0.3 is 9.47 Å². The molecule has 0 N–H and O–H groups in total. The molecule has 0 aliphatic carbocycles. The molecule has 0 aliphatic heterocycles. The smallest absolute Gasteiger partial charge is 0.485 e. The van der Waals surface area contributed by atoms with Crippen LogP contribution in [0.25, 0.3) is 0 Å². The van der Waals surface area contributed by atoms with Crippen molar-refractivity contribution < 1.29 is 22.6 Å². The van der Waals surface area contributed by atoms with Gasteiger partial charge in [0.25, 0.3) is 0 Å². The van der Waals surface area contributed by atoms with Gasteiger partial charge >= 0.3 is 6.36 Å². The van der Waals surface area contributed by atoms with Gasteiger partial charge in [-0.15, -0.1) is 13.2 Å². The maximum Gasteiger partial charge on any atom is 0.573 e. The van der Waals surface area contributed by atoms with Crippen LogP contribution >= 0.6 is 15.9 Å². The van der Waals surface area contributed by atoms with Gasteiger partial charge in [0.2, 0.25) is 0 Å². The molecule has 0 amide bonds. The van der Waals surface area contributed by atoms with E-state index < -0.39 is 6.36 Å². The number of benzene rings is 2. The Morgan fingerprint density at radius 2 is 1.65 bits per heavy atom. The van der Waals surface area contributed by atoms with Crippen molar-refractivity contribution >= 4 is 15.9 Å². The molecule has 20 heavy (non-hydrogen) atoms. The Hall–Kier alpha value is -1.69. The van der Waals surface area contributed by atoms with Crippen molar-refractivity contribution in [3.63, 3.8) is 0 Å². The van der Waals surface area contributed by atoms with Crippen LogP contribution in [0.2, 0.25) is 0 Å². The van der Waals surface area contributed by atoms with Crippen LogP contribution < -0.4 is 9.47 Å². The Morgan fingerprint density at radius 3 is 2.30 bits per heavy atom. The summed E-state index contributed by atoms with van der Waals surface area (Å²) in [6, 6.07) is 13.0. The van der Waals surface area contributed by atoms with Crippen LogP contribution in [0, 0.1) is 0 Å². The summed E-state index contributed by atoms with van der Waals surface area (Å²) < 4.78 is 46.9. The number of alkyl halides is 3. The fourth-order valence-electron chi connectivity index (χ4n) is 1.57. The highest BCUT2D eigenvalue weighted by atomic mass is 79.9. The zero-order chi connectivity index (χ0) is 14.6. The molecule has 2 aromatic rings. The predicted octanol–water partition coefficient (Wildman–Crippen LogP) is 4.93. The van der Waals surface area contributed by atoms with Crippen LogP contribution in [0.3, 0.4) is 0 Å². The average Bonchev–Trinajstić information content (AvgIpc) is 2.36. The van der Waals surface area contributed by atoms with Crippen molar-refractivity contribution in [1.82, 2.24) is 0 Å². The molecule has 0 atom stereocenters. The van der Waals surface area contributed by atoms with E-state index in [1.54, 1.807) is 6.07 Å².